The van der Waals surface area contributed by atoms with Gasteiger partial charge in [-0.05, 0) is 50.5 Å². The summed E-state index contributed by atoms with van der Waals surface area (Å²) < 4.78 is 5.26. The molecule has 0 saturated carbocycles. The lowest BCUT2D eigenvalue weighted by Crippen LogP contribution is -2.35. The molecule has 1 atom stereocenters. The minimum atomic E-state index is -0.607. The van der Waals surface area contributed by atoms with E-state index in [1.807, 2.05) is 44.2 Å². The van der Waals surface area contributed by atoms with Crippen LogP contribution in [0.5, 0.6) is 0 Å². The van der Waals surface area contributed by atoms with Crippen LogP contribution in [0.1, 0.15) is 34.8 Å². The molecule has 3 rings (SSSR count). The number of hydrogen-bond acceptors (Lipinski definition) is 3. The molecule has 0 radical (unpaired) electrons. The summed E-state index contributed by atoms with van der Waals surface area (Å²) in [6, 6.07) is 17.2. The zero-order chi connectivity index (χ0) is 17.8. The lowest BCUT2D eigenvalue weighted by Gasteiger charge is -2.13. The van der Waals surface area contributed by atoms with Gasteiger partial charge in [-0.15, -0.1) is 0 Å². The van der Waals surface area contributed by atoms with E-state index in [2.05, 4.69) is 17.4 Å². The van der Waals surface area contributed by atoms with Gasteiger partial charge in [0.2, 0.25) is 0 Å². The lowest BCUT2D eigenvalue weighted by molar-refractivity contribution is 0.0935. The topological polar surface area (TPSA) is 59.3 Å². The fourth-order valence-electron chi connectivity index (χ4n) is 2.80. The highest BCUT2D eigenvalue weighted by molar-refractivity contribution is 5.96. The zero-order valence-electron chi connectivity index (χ0n) is 14.4. The molecule has 128 valence electrons. The Morgan fingerprint density at radius 2 is 1.88 bits per heavy atom. The van der Waals surface area contributed by atoms with Crippen LogP contribution in [-0.4, -0.2) is 11.9 Å². The second-order valence-corrected chi connectivity index (χ2v) is 6.39. The van der Waals surface area contributed by atoms with Gasteiger partial charge in [0.05, 0.1) is 0 Å². The van der Waals surface area contributed by atoms with Crippen molar-refractivity contribution in [2.45, 2.75) is 32.7 Å². The molecule has 1 aromatic heterocycles. The number of nitrogens with one attached hydrogen (secondary N) is 1. The van der Waals surface area contributed by atoms with Gasteiger partial charge in [-0.2, -0.15) is 0 Å². The number of fused-ring (bicyclic) bond motifs is 1. The highest BCUT2D eigenvalue weighted by atomic mass is 16.4. The van der Waals surface area contributed by atoms with E-state index in [4.69, 9.17) is 4.42 Å². The maximum absolute atomic E-state index is 12.4. The Bertz CT molecular complexity index is 944. The van der Waals surface area contributed by atoms with Crippen LogP contribution in [0.2, 0.25) is 0 Å². The average molecular weight is 335 g/mol. The van der Waals surface area contributed by atoms with Gasteiger partial charge in [0.25, 0.3) is 5.91 Å². The molecule has 0 saturated heterocycles. The average Bonchev–Trinajstić information content (AvgIpc) is 2.60. The molecule has 1 unspecified atom stereocenters. The van der Waals surface area contributed by atoms with Crippen molar-refractivity contribution in [2.75, 3.05) is 0 Å². The predicted molar refractivity (Wildman–Crippen MR) is 98.9 cm³/mol. The van der Waals surface area contributed by atoms with Gasteiger partial charge < -0.3 is 9.73 Å². The molecule has 0 aliphatic carbocycles. The molecule has 0 spiro atoms. The summed E-state index contributed by atoms with van der Waals surface area (Å²) in [7, 11) is 0. The van der Waals surface area contributed by atoms with Crippen molar-refractivity contribution in [3.05, 3.63) is 81.7 Å². The summed E-state index contributed by atoms with van der Waals surface area (Å²) in [5.41, 5.74) is 2.20. The highest BCUT2D eigenvalue weighted by Crippen LogP contribution is 2.15. The van der Waals surface area contributed by atoms with E-state index in [1.165, 1.54) is 5.56 Å². The van der Waals surface area contributed by atoms with Crippen molar-refractivity contribution < 1.29 is 9.21 Å². The molecule has 0 aliphatic rings. The standard InChI is InChI=1S/C21H21NO3/c1-14-8-11-19-17(12-14)13-18(21(24)25-19)20(23)22-15(2)9-10-16-6-4-3-5-7-16/h3-8,11-13,15H,9-10H2,1-2H3,(H,22,23). The summed E-state index contributed by atoms with van der Waals surface area (Å²) in [6.45, 7) is 3.89. The fourth-order valence-corrected chi connectivity index (χ4v) is 2.80. The smallest absolute Gasteiger partial charge is 0.349 e. The van der Waals surface area contributed by atoms with Crippen molar-refractivity contribution >= 4 is 16.9 Å². The molecule has 25 heavy (non-hydrogen) atoms. The van der Waals surface area contributed by atoms with Gasteiger partial charge in [0, 0.05) is 11.4 Å². The minimum absolute atomic E-state index is 0.0414. The third-order valence-corrected chi connectivity index (χ3v) is 4.22. The van der Waals surface area contributed by atoms with Crippen LogP contribution in [0.15, 0.2) is 63.8 Å². The third-order valence-electron chi connectivity index (χ3n) is 4.22. The summed E-state index contributed by atoms with van der Waals surface area (Å²) >= 11 is 0. The molecule has 0 bridgehead atoms. The predicted octanol–water partition coefficient (Wildman–Crippen LogP) is 3.85. The number of carbonyl (C=O) groups is 1. The van der Waals surface area contributed by atoms with Crippen LogP contribution < -0.4 is 10.9 Å². The highest BCUT2D eigenvalue weighted by Gasteiger charge is 2.16. The number of benzene rings is 2. The maximum atomic E-state index is 12.4. The van der Waals surface area contributed by atoms with Crippen LogP contribution >= 0.6 is 0 Å². The van der Waals surface area contributed by atoms with Crippen LogP contribution in [0.4, 0.5) is 0 Å². The molecule has 4 nitrogen and oxygen atoms in total. The molecule has 1 amide bonds. The second-order valence-electron chi connectivity index (χ2n) is 6.39. The van der Waals surface area contributed by atoms with Crippen LogP contribution in [-0.2, 0) is 6.42 Å². The Hall–Kier alpha value is -2.88. The first-order chi connectivity index (χ1) is 12.0. The largest absolute Gasteiger partial charge is 0.422 e. The molecular weight excluding hydrogens is 314 g/mol. The van der Waals surface area contributed by atoms with E-state index in [-0.39, 0.29) is 11.6 Å². The van der Waals surface area contributed by atoms with E-state index in [1.54, 1.807) is 12.1 Å². The number of aryl methyl sites for hydroxylation is 2. The van der Waals surface area contributed by atoms with Gasteiger partial charge >= 0.3 is 5.63 Å². The quantitative estimate of drug-likeness (QED) is 0.721. The van der Waals surface area contributed by atoms with Crippen molar-refractivity contribution in [1.29, 1.82) is 0 Å². The molecule has 0 fully saturated rings. The summed E-state index contributed by atoms with van der Waals surface area (Å²) in [6.07, 6.45) is 1.67. The third kappa shape index (κ3) is 4.15. The summed E-state index contributed by atoms with van der Waals surface area (Å²) in [5, 5.41) is 3.64. The van der Waals surface area contributed by atoms with E-state index in [9.17, 15) is 9.59 Å². The second kappa shape index (κ2) is 7.34. The fraction of sp³-hybridized carbons (Fsp3) is 0.238. The van der Waals surface area contributed by atoms with Crippen molar-refractivity contribution in [3.8, 4) is 0 Å². The van der Waals surface area contributed by atoms with E-state index in [0.717, 1.165) is 23.8 Å². The Kier molecular flexibility index (Phi) is 4.98. The van der Waals surface area contributed by atoms with Gasteiger partial charge in [-0.25, -0.2) is 4.79 Å². The molecule has 1 heterocycles. The first kappa shape index (κ1) is 17.0. The van der Waals surface area contributed by atoms with Crippen LogP contribution in [0.3, 0.4) is 0 Å². The Morgan fingerprint density at radius 3 is 2.64 bits per heavy atom. The minimum Gasteiger partial charge on any atom is -0.422 e. The first-order valence-electron chi connectivity index (χ1n) is 8.42. The molecule has 1 N–H and O–H groups in total. The Morgan fingerprint density at radius 1 is 1.12 bits per heavy atom. The van der Waals surface area contributed by atoms with Crippen molar-refractivity contribution in [1.82, 2.24) is 5.32 Å². The molecule has 3 aromatic rings. The maximum Gasteiger partial charge on any atom is 0.349 e. The normalized spacial score (nSPS) is 12.1. The van der Waals surface area contributed by atoms with Gasteiger partial charge in [-0.1, -0.05) is 42.0 Å². The van der Waals surface area contributed by atoms with Crippen molar-refractivity contribution in [3.63, 3.8) is 0 Å². The van der Waals surface area contributed by atoms with E-state index >= 15 is 0 Å². The monoisotopic (exact) mass is 335 g/mol. The molecule has 4 heteroatoms. The van der Waals surface area contributed by atoms with Gasteiger partial charge in [0.15, 0.2) is 0 Å². The molecule has 0 aliphatic heterocycles. The zero-order valence-corrected chi connectivity index (χ0v) is 14.4. The van der Waals surface area contributed by atoms with E-state index in [0.29, 0.717) is 5.58 Å². The number of amides is 1. The van der Waals surface area contributed by atoms with Crippen LogP contribution in [0.25, 0.3) is 11.0 Å². The van der Waals surface area contributed by atoms with Gasteiger partial charge in [-0.3, -0.25) is 4.79 Å². The van der Waals surface area contributed by atoms with Gasteiger partial charge in [0.1, 0.15) is 11.1 Å². The summed E-state index contributed by atoms with van der Waals surface area (Å²) in [5.74, 6) is -0.391. The first-order valence-corrected chi connectivity index (χ1v) is 8.42. The van der Waals surface area contributed by atoms with E-state index < -0.39 is 11.5 Å². The number of carbonyl (C=O) groups excluding carboxylic acids is 1. The SMILES string of the molecule is Cc1ccc2oc(=O)c(C(=O)NC(C)CCc3ccccc3)cc2c1. The van der Waals surface area contributed by atoms with Crippen LogP contribution in [0, 0.1) is 6.92 Å². The lowest BCUT2D eigenvalue weighted by atomic mass is 10.1. The number of hydrogen-bond donors (Lipinski definition) is 1. The Balaban J connectivity index is 1.71. The Labute approximate surface area is 146 Å². The molecular formula is C21H21NO3. The number of rotatable bonds is 5. The van der Waals surface area contributed by atoms with Crippen molar-refractivity contribution in [2.24, 2.45) is 0 Å². The summed E-state index contributed by atoms with van der Waals surface area (Å²) in [4.78, 5) is 24.5. The molecule has 2 aromatic carbocycles.